The summed E-state index contributed by atoms with van der Waals surface area (Å²) in [6.45, 7) is 8.02. The summed E-state index contributed by atoms with van der Waals surface area (Å²) in [4.78, 5) is 25.3. The smallest absolute Gasteiger partial charge is 0.155 e. The standard InChI is InChI=1S/C27H31N9/c1-14(2)30-24(28)16-6-8-18-20(12-16)34-26(32-18)22-10-11-23(36(22)5)27-33-19-9-7-17(13-21(19)35-27)25(29)31-15(3)4/h6-15H,1-5H3,(H2,28,30)(H2,29,31)(H,32,34)(H,33,35). The van der Waals surface area contributed by atoms with Crippen molar-refractivity contribution < 1.29 is 0 Å². The second kappa shape index (κ2) is 8.99. The number of rotatable bonds is 6. The lowest BCUT2D eigenvalue weighted by molar-refractivity contribution is 0.834. The lowest BCUT2D eigenvalue weighted by Crippen LogP contribution is -2.15. The lowest BCUT2D eigenvalue weighted by atomic mass is 10.2. The van der Waals surface area contributed by atoms with E-state index in [1.54, 1.807) is 0 Å². The zero-order valence-electron chi connectivity index (χ0n) is 21.2. The van der Waals surface area contributed by atoms with Crippen molar-refractivity contribution in [1.82, 2.24) is 24.5 Å². The van der Waals surface area contributed by atoms with E-state index < -0.39 is 0 Å². The Balaban J connectivity index is 1.49. The quantitative estimate of drug-likeness (QED) is 0.212. The highest BCUT2D eigenvalue weighted by Gasteiger charge is 2.16. The average molecular weight is 482 g/mol. The second-order valence-electron chi connectivity index (χ2n) is 9.51. The summed E-state index contributed by atoms with van der Waals surface area (Å²) >= 11 is 0. The van der Waals surface area contributed by atoms with Crippen molar-refractivity contribution in [3.05, 3.63) is 59.7 Å². The molecule has 36 heavy (non-hydrogen) atoms. The zero-order valence-corrected chi connectivity index (χ0v) is 21.2. The van der Waals surface area contributed by atoms with E-state index >= 15 is 0 Å². The van der Waals surface area contributed by atoms with Gasteiger partial charge in [-0.05, 0) is 76.2 Å². The van der Waals surface area contributed by atoms with Crippen LogP contribution in [0.2, 0.25) is 0 Å². The minimum absolute atomic E-state index is 0.134. The van der Waals surface area contributed by atoms with E-state index in [0.717, 1.165) is 56.2 Å². The number of hydrogen-bond acceptors (Lipinski definition) is 4. The fourth-order valence-corrected chi connectivity index (χ4v) is 4.27. The van der Waals surface area contributed by atoms with E-state index in [9.17, 15) is 0 Å². The zero-order chi connectivity index (χ0) is 25.6. The molecule has 0 aliphatic rings. The molecule has 2 aromatic carbocycles. The van der Waals surface area contributed by atoms with Crippen LogP contribution < -0.4 is 11.5 Å². The molecule has 0 saturated carbocycles. The molecule has 184 valence electrons. The fourth-order valence-electron chi connectivity index (χ4n) is 4.27. The van der Waals surface area contributed by atoms with Gasteiger partial charge in [0.15, 0.2) is 11.6 Å². The molecule has 0 radical (unpaired) electrons. The highest BCUT2D eigenvalue weighted by atomic mass is 15.1. The first-order valence-electron chi connectivity index (χ1n) is 12.0. The van der Waals surface area contributed by atoms with Crippen LogP contribution in [0.1, 0.15) is 38.8 Å². The van der Waals surface area contributed by atoms with Crippen LogP contribution in [0.4, 0.5) is 0 Å². The number of nitrogens with one attached hydrogen (secondary N) is 2. The monoisotopic (exact) mass is 481 g/mol. The maximum Gasteiger partial charge on any atom is 0.155 e. The van der Waals surface area contributed by atoms with Crippen molar-refractivity contribution in [2.45, 2.75) is 39.8 Å². The maximum absolute atomic E-state index is 6.16. The van der Waals surface area contributed by atoms with E-state index in [-0.39, 0.29) is 12.1 Å². The van der Waals surface area contributed by atoms with E-state index in [2.05, 4.69) is 24.5 Å². The van der Waals surface area contributed by atoms with Crippen molar-refractivity contribution in [3.8, 4) is 23.0 Å². The molecule has 0 bridgehead atoms. The number of H-pyrrole nitrogens is 2. The molecule has 0 fully saturated rings. The summed E-state index contributed by atoms with van der Waals surface area (Å²) in [5.74, 6) is 2.58. The first-order valence-corrected chi connectivity index (χ1v) is 12.0. The summed E-state index contributed by atoms with van der Waals surface area (Å²) in [6.07, 6.45) is 0. The van der Waals surface area contributed by atoms with Crippen molar-refractivity contribution in [2.75, 3.05) is 0 Å². The molecule has 0 unspecified atom stereocenters. The summed E-state index contributed by atoms with van der Waals surface area (Å²) in [5, 5.41) is 0. The number of amidine groups is 2. The van der Waals surface area contributed by atoms with Gasteiger partial charge in [-0.15, -0.1) is 0 Å². The van der Waals surface area contributed by atoms with Crippen LogP contribution in [0.25, 0.3) is 45.1 Å². The Morgan fingerprint density at radius 2 is 1.14 bits per heavy atom. The lowest BCUT2D eigenvalue weighted by Gasteiger charge is -2.04. The largest absolute Gasteiger partial charge is 0.383 e. The van der Waals surface area contributed by atoms with Crippen molar-refractivity contribution >= 4 is 33.7 Å². The number of aliphatic imine (C=N–C) groups is 2. The van der Waals surface area contributed by atoms with Gasteiger partial charge in [0.05, 0.1) is 33.5 Å². The molecule has 9 heteroatoms. The molecule has 0 aliphatic carbocycles. The highest BCUT2D eigenvalue weighted by Crippen LogP contribution is 2.28. The Bertz CT molecular complexity index is 1510. The van der Waals surface area contributed by atoms with Crippen molar-refractivity contribution in [3.63, 3.8) is 0 Å². The molecule has 0 spiro atoms. The number of aromatic amines is 2. The Hall–Kier alpha value is -4.40. The second-order valence-corrected chi connectivity index (χ2v) is 9.51. The summed E-state index contributed by atoms with van der Waals surface area (Å²) < 4.78 is 2.07. The molecular weight excluding hydrogens is 450 g/mol. The molecule has 0 saturated heterocycles. The summed E-state index contributed by atoms with van der Waals surface area (Å²) in [7, 11) is 2.00. The van der Waals surface area contributed by atoms with Gasteiger partial charge in [-0.25, -0.2) is 9.97 Å². The van der Waals surface area contributed by atoms with Crippen LogP contribution in [-0.2, 0) is 7.05 Å². The highest BCUT2D eigenvalue weighted by molar-refractivity contribution is 6.01. The van der Waals surface area contributed by atoms with E-state index in [1.807, 2.05) is 83.3 Å². The number of hydrogen-bond donors (Lipinski definition) is 4. The van der Waals surface area contributed by atoms with Crippen LogP contribution in [0, 0.1) is 0 Å². The third-order valence-electron chi connectivity index (χ3n) is 5.96. The van der Waals surface area contributed by atoms with Crippen LogP contribution in [-0.4, -0.2) is 48.3 Å². The minimum atomic E-state index is 0.134. The number of fused-ring (bicyclic) bond motifs is 2. The molecule has 5 rings (SSSR count). The molecule has 5 aromatic rings. The van der Waals surface area contributed by atoms with Crippen LogP contribution in [0.15, 0.2) is 58.5 Å². The first kappa shape index (κ1) is 23.3. The van der Waals surface area contributed by atoms with Gasteiger partial charge in [-0.2, -0.15) is 0 Å². The Labute approximate surface area is 209 Å². The van der Waals surface area contributed by atoms with Gasteiger partial charge >= 0.3 is 0 Å². The predicted octanol–water partition coefficient (Wildman–Crippen LogP) is 4.34. The third kappa shape index (κ3) is 4.35. The normalized spacial score (nSPS) is 13.1. The maximum atomic E-state index is 6.16. The molecular formula is C27H31N9. The number of aromatic nitrogens is 5. The molecule has 3 aromatic heterocycles. The van der Waals surface area contributed by atoms with Gasteiger partial charge in [0.1, 0.15) is 11.7 Å². The van der Waals surface area contributed by atoms with Gasteiger partial charge in [0, 0.05) is 30.3 Å². The van der Waals surface area contributed by atoms with Crippen LogP contribution in [0.5, 0.6) is 0 Å². The molecule has 3 heterocycles. The SMILES string of the molecule is CC(C)N=C(N)c1ccc2nc(-c3ccc(-c4nc5ccc(C(N)=NC(C)C)cc5[nH]4)n3C)[nH]c2c1. The molecule has 6 N–H and O–H groups in total. The van der Waals surface area contributed by atoms with Gasteiger partial charge in [0.2, 0.25) is 0 Å². The molecule has 0 aliphatic heterocycles. The van der Waals surface area contributed by atoms with Crippen LogP contribution >= 0.6 is 0 Å². The van der Waals surface area contributed by atoms with Crippen LogP contribution in [0.3, 0.4) is 0 Å². The summed E-state index contributed by atoms with van der Waals surface area (Å²) in [5.41, 5.74) is 19.5. The summed E-state index contributed by atoms with van der Waals surface area (Å²) in [6, 6.07) is 16.1. The van der Waals surface area contributed by atoms with E-state index in [1.165, 1.54) is 0 Å². The van der Waals surface area contributed by atoms with Gasteiger partial charge < -0.3 is 26.0 Å². The number of nitrogens with two attached hydrogens (primary N) is 2. The molecule has 0 amide bonds. The topological polar surface area (TPSA) is 139 Å². The first-order chi connectivity index (χ1) is 17.2. The number of imidazole rings is 2. The van der Waals surface area contributed by atoms with Gasteiger partial charge in [0.25, 0.3) is 0 Å². The molecule has 0 atom stereocenters. The van der Waals surface area contributed by atoms with Crippen molar-refractivity contribution in [2.24, 2.45) is 28.5 Å². The van der Waals surface area contributed by atoms with E-state index in [0.29, 0.717) is 11.7 Å². The number of nitrogens with zero attached hydrogens (tertiary/aromatic N) is 5. The van der Waals surface area contributed by atoms with Gasteiger partial charge in [-0.1, -0.05) is 0 Å². The van der Waals surface area contributed by atoms with Gasteiger partial charge in [-0.3, -0.25) is 9.98 Å². The molecule has 9 nitrogen and oxygen atoms in total. The Morgan fingerprint density at radius 1 is 0.722 bits per heavy atom. The fraction of sp³-hybridized carbons (Fsp3) is 0.259. The van der Waals surface area contributed by atoms with Crippen molar-refractivity contribution in [1.29, 1.82) is 0 Å². The third-order valence-corrected chi connectivity index (χ3v) is 5.96. The Kier molecular flexibility index (Phi) is 5.83. The average Bonchev–Trinajstić information content (AvgIpc) is 3.52. The minimum Gasteiger partial charge on any atom is -0.383 e. The predicted molar refractivity (Wildman–Crippen MR) is 147 cm³/mol. The Morgan fingerprint density at radius 3 is 1.53 bits per heavy atom. The van der Waals surface area contributed by atoms with E-state index in [4.69, 9.17) is 21.4 Å². The number of benzene rings is 2.